The van der Waals surface area contributed by atoms with Crippen molar-refractivity contribution < 1.29 is 18.7 Å². The fourth-order valence-corrected chi connectivity index (χ4v) is 2.66. The van der Waals surface area contributed by atoms with Crippen LogP contribution in [0.3, 0.4) is 0 Å². The molecule has 0 saturated heterocycles. The lowest BCUT2D eigenvalue weighted by Crippen LogP contribution is -2.17. The molecule has 1 aliphatic rings. The number of ketones is 1. The molecule has 0 aromatic heterocycles. The van der Waals surface area contributed by atoms with Gasteiger partial charge < -0.3 is 9.64 Å². The Balaban J connectivity index is 1.72. The molecule has 0 fully saturated rings. The number of hydrogen-bond donors (Lipinski definition) is 0. The lowest BCUT2D eigenvalue weighted by molar-refractivity contribution is -0.107. The Morgan fingerprint density at radius 3 is 2.91 bits per heavy atom. The summed E-state index contributed by atoms with van der Waals surface area (Å²) in [5.41, 5.74) is 3.16. The first kappa shape index (κ1) is 15.2. The molecule has 0 bridgehead atoms. The Hall–Kier alpha value is -2.69. The number of Topliss-reactive ketones (excluding diaryl/α,β-unsaturated/α-hetero) is 1. The molecule has 1 aliphatic heterocycles. The largest absolute Gasteiger partial charge is 0.482 e. The average molecular weight is 313 g/mol. The maximum atomic E-state index is 13.6. The van der Waals surface area contributed by atoms with Gasteiger partial charge in [-0.15, -0.1) is 0 Å². The van der Waals surface area contributed by atoms with Crippen molar-refractivity contribution in [3.63, 3.8) is 0 Å². The minimum absolute atomic E-state index is 0.0756. The van der Waals surface area contributed by atoms with Crippen LogP contribution < -0.4 is 9.64 Å². The summed E-state index contributed by atoms with van der Waals surface area (Å²) < 4.78 is 18.9. The van der Waals surface area contributed by atoms with Gasteiger partial charge in [-0.1, -0.05) is 6.07 Å². The maximum Gasteiger partial charge on any atom is 0.214 e. The minimum Gasteiger partial charge on any atom is -0.482 e. The fourth-order valence-electron chi connectivity index (χ4n) is 2.66. The van der Waals surface area contributed by atoms with Crippen LogP contribution in [-0.2, 0) is 11.2 Å². The maximum absolute atomic E-state index is 13.6. The molecule has 0 N–H and O–H groups in total. The minimum atomic E-state index is -0.487. The van der Waals surface area contributed by atoms with E-state index in [2.05, 4.69) is 0 Å². The van der Waals surface area contributed by atoms with E-state index in [1.54, 1.807) is 35.2 Å². The van der Waals surface area contributed by atoms with Gasteiger partial charge in [0.2, 0.25) is 6.41 Å². The van der Waals surface area contributed by atoms with E-state index in [4.69, 9.17) is 4.74 Å². The van der Waals surface area contributed by atoms with E-state index in [1.165, 1.54) is 6.07 Å². The first-order chi connectivity index (χ1) is 11.1. The number of anilines is 1. The van der Waals surface area contributed by atoms with Crippen molar-refractivity contribution in [3.05, 3.63) is 58.9 Å². The third-order valence-electron chi connectivity index (χ3n) is 3.91. The molecule has 4 nitrogen and oxygen atoms in total. The molecule has 2 aromatic rings. The van der Waals surface area contributed by atoms with Crippen molar-refractivity contribution in [2.75, 3.05) is 18.1 Å². The van der Waals surface area contributed by atoms with Crippen molar-refractivity contribution in [3.8, 4) is 5.75 Å². The second-order valence-corrected chi connectivity index (χ2v) is 5.54. The smallest absolute Gasteiger partial charge is 0.214 e. The van der Waals surface area contributed by atoms with Crippen molar-refractivity contribution >= 4 is 17.9 Å². The number of halogens is 1. The predicted octanol–water partition coefficient (Wildman–Crippen LogP) is 2.91. The second-order valence-electron chi connectivity index (χ2n) is 5.54. The molecular weight excluding hydrogens is 297 g/mol. The number of aryl methyl sites for hydroxylation is 1. The standard InChI is InChI=1S/C18H16FNO3/c1-12-2-4-15(19)18(8-12)23-10-17(22)14-3-5-16-13(9-14)6-7-20(16)11-21/h2-5,8-9,11H,6-7,10H2,1H3. The Labute approximate surface area is 133 Å². The summed E-state index contributed by atoms with van der Waals surface area (Å²) in [5.74, 6) is -0.635. The molecule has 0 spiro atoms. The summed E-state index contributed by atoms with van der Waals surface area (Å²) in [6.45, 7) is 2.23. The van der Waals surface area contributed by atoms with Gasteiger partial charge in [0.15, 0.2) is 24.0 Å². The summed E-state index contributed by atoms with van der Waals surface area (Å²) in [6.07, 6.45) is 1.51. The van der Waals surface area contributed by atoms with Crippen molar-refractivity contribution in [1.29, 1.82) is 0 Å². The van der Waals surface area contributed by atoms with Crippen LogP contribution >= 0.6 is 0 Å². The molecule has 1 amide bonds. The van der Waals surface area contributed by atoms with E-state index < -0.39 is 5.82 Å². The first-order valence-corrected chi connectivity index (χ1v) is 7.35. The van der Waals surface area contributed by atoms with Gasteiger partial charge in [0.1, 0.15) is 0 Å². The van der Waals surface area contributed by atoms with Gasteiger partial charge in [0, 0.05) is 17.8 Å². The molecule has 5 heteroatoms. The first-order valence-electron chi connectivity index (χ1n) is 7.35. The van der Waals surface area contributed by atoms with Crippen LogP contribution in [0.25, 0.3) is 0 Å². The van der Waals surface area contributed by atoms with Crippen LogP contribution in [-0.4, -0.2) is 25.3 Å². The number of ether oxygens (including phenoxy) is 1. The molecule has 3 rings (SSSR count). The fraction of sp³-hybridized carbons (Fsp3) is 0.222. The molecule has 0 radical (unpaired) electrons. The van der Waals surface area contributed by atoms with Gasteiger partial charge in [-0.2, -0.15) is 0 Å². The lowest BCUT2D eigenvalue weighted by Gasteiger charge is -2.11. The Kier molecular flexibility index (Phi) is 4.10. The average Bonchev–Trinajstić information content (AvgIpc) is 2.97. The second kappa shape index (κ2) is 6.20. The van der Waals surface area contributed by atoms with E-state index in [9.17, 15) is 14.0 Å². The molecule has 1 heterocycles. The topological polar surface area (TPSA) is 46.6 Å². The van der Waals surface area contributed by atoms with Gasteiger partial charge >= 0.3 is 0 Å². The van der Waals surface area contributed by atoms with Gasteiger partial charge in [0.25, 0.3) is 0 Å². The van der Waals surface area contributed by atoms with Crippen LogP contribution in [0, 0.1) is 12.7 Å². The summed E-state index contributed by atoms with van der Waals surface area (Å²) in [4.78, 5) is 24.8. The number of carbonyl (C=O) groups excluding carboxylic acids is 2. The number of amides is 1. The quantitative estimate of drug-likeness (QED) is 0.630. The third kappa shape index (κ3) is 3.08. The predicted molar refractivity (Wildman–Crippen MR) is 84.5 cm³/mol. The van der Waals surface area contributed by atoms with Crippen molar-refractivity contribution in [2.45, 2.75) is 13.3 Å². The van der Waals surface area contributed by atoms with Crippen LogP contribution in [0.1, 0.15) is 21.5 Å². The van der Waals surface area contributed by atoms with Crippen molar-refractivity contribution in [1.82, 2.24) is 0 Å². The van der Waals surface area contributed by atoms with Crippen molar-refractivity contribution in [2.24, 2.45) is 0 Å². The number of rotatable bonds is 5. The molecule has 0 saturated carbocycles. The van der Waals surface area contributed by atoms with Gasteiger partial charge in [0.05, 0.1) is 0 Å². The van der Waals surface area contributed by atoms with Gasteiger partial charge in [-0.05, 0) is 54.8 Å². The highest BCUT2D eigenvalue weighted by atomic mass is 19.1. The van der Waals surface area contributed by atoms with E-state index in [0.29, 0.717) is 12.1 Å². The zero-order chi connectivity index (χ0) is 16.4. The normalized spacial score (nSPS) is 12.9. The summed E-state index contributed by atoms with van der Waals surface area (Å²) in [7, 11) is 0. The van der Waals surface area contributed by atoms with E-state index in [1.807, 2.05) is 6.92 Å². The molecule has 23 heavy (non-hydrogen) atoms. The summed E-state index contributed by atoms with van der Waals surface area (Å²) in [6, 6.07) is 9.72. The SMILES string of the molecule is Cc1ccc(F)c(OCC(=O)c2ccc3c(c2)CCN3C=O)c1. The highest BCUT2D eigenvalue weighted by Gasteiger charge is 2.20. The Morgan fingerprint density at radius 1 is 1.30 bits per heavy atom. The third-order valence-corrected chi connectivity index (χ3v) is 3.91. The summed E-state index contributed by atoms with van der Waals surface area (Å²) in [5, 5.41) is 0. The highest BCUT2D eigenvalue weighted by Crippen LogP contribution is 2.28. The lowest BCUT2D eigenvalue weighted by atomic mass is 10.1. The number of carbonyl (C=O) groups is 2. The Bertz CT molecular complexity index is 773. The summed E-state index contributed by atoms with van der Waals surface area (Å²) >= 11 is 0. The molecule has 0 aliphatic carbocycles. The van der Waals surface area contributed by atoms with Gasteiger partial charge in [-0.25, -0.2) is 4.39 Å². The van der Waals surface area contributed by atoms with E-state index in [-0.39, 0.29) is 18.1 Å². The zero-order valence-corrected chi connectivity index (χ0v) is 12.7. The van der Waals surface area contributed by atoms with Crippen LogP contribution in [0.2, 0.25) is 0 Å². The molecule has 118 valence electrons. The molecule has 2 aromatic carbocycles. The molecular formula is C18H16FNO3. The van der Waals surface area contributed by atoms with Crippen LogP contribution in [0.15, 0.2) is 36.4 Å². The van der Waals surface area contributed by atoms with E-state index in [0.717, 1.165) is 29.6 Å². The zero-order valence-electron chi connectivity index (χ0n) is 12.7. The highest BCUT2D eigenvalue weighted by molar-refractivity contribution is 5.98. The number of benzene rings is 2. The molecule has 0 unspecified atom stereocenters. The van der Waals surface area contributed by atoms with Crippen LogP contribution in [0.4, 0.5) is 10.1 Å². The number of fused-ring (bicyclic) bond motifs is 1. The van der Waals surface area contributed by atoms with Crippen LogP contribution in [0.5, 0.6) is 5.75 Å². The Morgan fingerprint density at radius 2 is 2.13 bits per heavy atom. The van der Waals surface area contributed by atoms with E-state index >= 15 is 0 Å². The number of hydrogen-bond acceptors (Lipinski definition) is 3. The number of nitrogens with zero attached hydrogens (tertiary/aromatic N) is 1. The monoisotopic (exact) mass is 313 g/mol. The molecule has 0 atom stereocenters. The van der Waals surface area contributed by atoms with Gasteiger partial charge in [-0.3, -0.25) is 9.59 Å².